The minimum Gasteiger partial charge on any atom is -0.477 e. The lowest BCUT2D eigenvalue weighted by atomic mass is 10.3. The van der Waals surface area contributed by atoms with Gasteiger partial charge in [0.15, 0.2) is 0 Å². The Bertz CT molecular complexity index is 372. The summed E-state index contributed by atoms with van der Waals surface area (Å²) in [5, 5.41) is 8.97. The Labute approximate surface area is 90.9 Å². The number of hydrogen-bond donors (Lipinski definition) is 1. The Morgan fingerprint density at radius 1 is 1.79 bits per heavy atom. The molecule has 1 fully saturated rings. The van der Waals surface area contributed by atoms with Gasteiger partial charge in [-0.1, -0.05) is 13.3 Å². The second-order valence-corrected chi connectivity index (χ2v) is 4.64. The summed E-state index contributed by atoms with van der Waals surface area (Å²) in [4.78, 5) is 10.9. The van der Waals surface area contributed by atoms with E-state index >= 15 is 0 Å². The smallest absolute Gasteiger partial charge is 0.352 e. The van der Waals surface area contributed by atoms with Crippen LogP contribution in [0.25, 0.3) is 0 Å². The van der Waals surface area contributed by atoms with Crippen molar-refractivity contribution in [2.24, 2.45) is 5.92 Å². The van der Waals surface area contributed by atoms with Gasteiger partial charge in [-0.25, -0.2) is 4.79 Å². The van der Waals surface area contributed by atoms with E-state index in [1.165, 1.54) is 0 Å². The van der Waals surface area contributed by atoms with Crippen LogP contribution < -0.4 is 0 Å². The molecule has 0 radical (unpaired) electrons. The fourth-order valence-electron chi connectivity index (χ4n) is 1.90. The number of halogens is 1. The van der Waals surface area contributed by atoms with Crippen LogP contribution in [0.4, 0.5) is 0 Å². The average Bonchev–Trinajstić information content (AvgIpc) is 2.81. The number of aromatic carboxylic acids is 1. The first-order valence-electron chi connectivity index (χ1n) is 4.74. The van der Waals surface area contributed by atoms with E-state index in [1.807, 2.05) is 10.8 Å². The van der Waals surface area contributed by atoms with Gasteiger partial charge < -0.3 is 9.67 Å². The maximum Gasteiger partial charge on any atom is 0.352 e. The molecule has 2 unspecified atom stereocenters. The van der Waals surface area contributed by atoms with Gasteiger partial charge in [0.2, 0.25) is 0 Å². The first kappa shape index (κ1) is 9.77. The molecule has 2 rings (SSSR count). The third-order valence-corrected chi connectivity index (χ3v) is 3.23. The first-order valence-corrected chi connectivity index (χ1v) is 5.53. The van der Waals surface area contributed by atoms with Crippen LogP contribution in [0.3, 0.4) is 0 Å². The van der Waals surface area contributed by atoms with Gasteiger partial charge in [-0.15, -0.1) is 0 Å². The highest BCUT2D eigenvalue weighted by Gasteiger charge is 2.38. The van der Waals surface area contributed by atoms with E-state index in [0.29, 0.717) is 17.7 Å². The molecule has 1 aromatic rings. The number of carboxylic acid groups (broad SMARTS) is 1. The Kier molecular flexibility index (Phi) is 2.39. The first-order chi connectivity index (χ1) is 6.63. The van der Waals surface area contributed by atoms with E-state index in [-0.39, 0.29) is 0 Å². The number of carbonyl (C=O) groups is 1. The Balaban J connectivity index is 2.29. The molecule has 1 N–H and O–H groups in total. The van der Waals surface area contributed by atoms with Crippen molar-refractivity contribution < 1.29 is 9.90 Å². The highest BCUT2D eigenvalue weighted by atomic mass is 79.9. The van der Waals surface area contributed by atoms with Crippen molar-refractivity contribution in [1.82, 2.24) is 4.57 Å². The standard InChI is InChI=1S/C10H12BrNO2/c1-2-6-3-8(6)12-5-7(11)4-9(12)10(13)14/h4-6,8H,2-3H2,1H3,(H,13,14). The largest absolute Gasteiger partial charge is 0.477 e. The van der Waals surface area contributed by atoms with Crippen LogP contribution in [-0.4, -0.2) is 15.6 Å². The zero-order chi connectivity index (χ0) is 10.3. The third kappa shape index (κ3) is 1.59. The molecule has 2 atom stereocenters. The fraction of sp³-hybridized carbons (Fsp3) is 0.500. The SMILES string of the molecule is CCC1CC1n1cc(Br)cc1C(=O)O. The van der Waals surface area contributed by atoms with Crippen molar-refractivity contribution in [2.45, 2.75) is 25.8 Å². The number of rotatable bonds is 3. The summed E-state index contributed by atoms with van der Waals surface area (Å²) in [7, 11) is 0. The molecule has 1 heterocycles. The number of aromatic nitrogens is 1. The lowest BCUT2D eigenvalue weighted by molar-refractivity contribution is 0.0684. The third-order valence-electron chi connectivity index (χ3n) is 2.80. The number of nitrogens with zero attached hydrogens (tertiary/aromatic N) is 1. The van der Waals surface area contributed by atoms with Crippen molar-refractivity contribution >= 4 is 21.9 Å². The summed E-state index contributed by atoms with van der Waals surface area (Å²) in [6.07, 6.45) is 4.10. The van der Waals surface area contributed by atoms with Crippen LogP contribution in [0.1, 0.15) is 36.3 Å². The van der Waals surface area contributed by atoms with Gasteiger partial charge >= 0.3 is 5.97 Å². The Morgan fingerprint density at radius 2 is 2.50 bits per heavy atom. The second-order valence-electron chi connectivity index (χ2n) is 3.73. The molecule has 0 spiro atoms. The van der Waals surface area contributed by atoms with E-state index in [1.54, 1.807) is 6.07 Å². The average molecular weight is 258 g/mol. The zero-order valence-electron chi connectivity index (χ0n) is 7.90. The molecule has 3 nitrogen and oxygen atoms in total. The molecule has 0 bridgehead atoms. The molecule has 14 heavy (non-hydrogen) atoms. The summed E-state index contributed by atoms with van der Waals surface area (Å²) < 4.78 is 2.72. The number of hydrogen-bond acceptors (Lipinski definition) is 1. The molecule has 0 aromatic carbocycles. The predicted molar refractivity (Wildman–Crippen MR) is 56.5 cm³/mol. The molecular weight excluding hydrogens is 246 g/mol. The highest BCUT2D eigenvalue weighted by molar-refractivity contribution is 9.10. The molecule has 0 amide bonds. The van der Waals surface area contributed by atoms with Gasteiger partial charge in [-0.05, 0) is 34.3 Å². The zero-order valence-corrected chi connectivity index (χ0v) is 9.49. The van der Waals surface area contributed by atoms with Crippen molar-refractivity contribution in [3.8, 4) is 0 Å². The normalized spacial score (nSPS) is 25.0. The van der Waals surface area contributed by atoms with Crippen LogP contribution in [-0.2, 0) is 0 Å². The van der Waals surface area contributed by atoms with Crippen molar-refractivity contribution in [1.29, 1.82) is 0 Å². The van der Waals surface area contributed by atoms with Crippen LogP contribution in [0.5, 0.6) is 0 Å². The van der Waals surface area contributed by atoms with Crippen LogP contribution in [0, 0.1) is 5.92 Å². The van der Waals surface area contributed by atoms with Gasteiger partial charge in [0.05, 0.1) is 0 Å². The summed E-state index contributed by atoms with van der Waals surface area (Å²) in [5.74, 6) is -0.190. The fourth-order valence-corrected chi connectivity index (χ4v) is 2.34. The van der Waals surface area contributed by atoms with Crippen molar-refractivity contribution in [2.75, 3.05) is 0 Å². The highest BCUT2D eigenvalue weighted by Crippen LogP contribution is 2.46. The quantitative estimate of drug-likeness (QED) is 0.905. The molecule has 0 aliphatic heterocycles. The van der Waals surface area contributed by atoms with E-state index in [2.05, 4.69) is 22.9 Å². The van der Waals surface area contributed by atoms with Gasteiger partial charge in [0, 0.05) is 16.7 Å². The second kappa shape index (κ2) is 3.42. The van der Waals surface area contributed by atoms with Gasteiger partial charge in [-0.3, -0.25) is 0 Å². The molecule has 4 heteroatoms. The van der Waals surface area contributed by atoms with Gasteiger partial charge in [0.25, 0.3) is 0 Å². The summed E-state index contributed by atoms with van der Waals surface area (Å²) in [6.45, 7) is 2.14. The van der Waals surface area contributed by atoms with Crippen molar-refractivity contribution in [3.63, 3.8) is 0 Å². The summed E-state index contributed by atoms with van der Waals surface area (Å²) in [6, 6.07) is 2.06. The van der Waals surface area contributed by atoms with E-state index in [9.17, 15) is 4.79 Å². The molecule has 1 aliphatic rings. The molecule has 76 valence electrons. The Hall–Kier alpha value is -0.770. The van der Waals surface area contributed by atoms with Crippen molar-refractivity contribution in [3.05, 3.63) is 22.4 Å². The molecule has 1 aliphatic carbocycles. The maximum atomic E-state index is 10.9. The molecule has 0 saturated heterocycles. The van der Waals surface area contributed by atoms with E-state index in [4.69, 9.17) is 5.11 Å². The maximum absolute atomic E-state index is 10.9. The topological polar surface area (TPSA) is 42.2 Å². The van der Waals surface area contributed by atoms with E-state index < -0.39 is 5.97 Å². The molecular formula is C10H12BrNO2. The number of carboxylic acids is 1. The molecule has 1 saturated carbocycles. The summed E-state index contributed by atoms with van der Waals surface area (Å²) in [5.41, 5.74) is 0.387. The predicted octanol–water partition coefficient (Wildman–Crippen LogP) is 2.92. The molecule has 1 aromatic heterocycles. The van der Waals surface area contributed by atoms with E-state index in [0.717, 1.165) is 17.3 Å². The van der Waals surface area contributed by atoms with Gasteiger partial charge in [-0.2, -0.15) is 0 Å². The minimum absolute atomic E-state index is 0.387. The van der Waals surface area contributed by atoms with Crippen LogP contribution >= 0.6 is 15.9 Å². The lowest BCUT2D eigenvalue weighted by Crippen LogP contribution is -2.06. The monoisotopic (exact) mass is 257 g/mol. The Morgan fingerprint density at radius 3 is 3.00 bits per heavy atom. The summed E-state index contributed by atoms with van der Waals surface area (Å²) >= 11 is 3.31. The van der Waals surface area contributed by atoms with Gasteiger partial charge in [0.1, 0.15) is 5.69 Å². The van der Waals surface area contributed by atoms with Crippen LogP contribution in [0.2, 0.25) is 0 Å². The van der Waals surface area contributed by atoms with Crippen LogP contribution in [0.15, 0.2) is 16.7 Å². The lowest BCUT2D eigenvalue weighted by Gasteiger charge is -2.03. The minimum atomic E-state index is -0.850.